The number of amides is 3. The molecule has 0 bridgehead atoms. The third kappa shape index (κ3) is 2.37. The summed E-state index contributed by atoms with van der Waals surface area (Å²) in [5.74, 6) is -1.01. The molecule has 1 N–H and O–H groups in total. The highest BCUT2D eigenvalue weighted by Gasteiger charge is 2.38. The Morgan fingerprint density at radius 1 is 0.923 bits per heavy atom. The number of imide groups is 1. The first-order valence-electron chi connectivity index (χ1n) is 8.40. The number of benzene rings is 3. The van der Waals surface area contributed by atoms with Crippen molar-refractivity contribution < 1.29 is 14.4 Å². The maximum atomic E-state index is 12.8. The fraction of sp³-hybridized carbons (Fsp3) is 0.0952. The van der Waals surface area contributed by atoms with E-state index in [2.05, 4.69) is 5.32 Å². The van der Waals surface area contributed by atoms with Gasteiger partial charge in [-0.25, -0.2) is 0 Å². The van der Waals surface area contributed by atoms with Gasteiger partial charge < -0.3 is 5.32 Å². The van der Waals surface area contributed by atoms with Crippen molar-refractivity contribution in [2.24, 2.45) is 0 Å². The first-order valence-corrected chi connectivity index (χ1v) is 8.40. The first-order chi connectivity index (χ1) is 12.6. The van der Waals surface area contributed by atoms with Crippen LogP contribution in [-0.2, 0) is 0 Å². The van der Waals surface area contributed by atoms with Crippen LogP contribution in [0.5, 0.6) is 0 Å². The number of hydrogen-bond donors (Lipinski definition) is 1. The van der Waals surface area contributed by atoms with Crippen LogP contribution in [0.15, 0.2) is 60.7 Å². The van der Waals surface area contributed by atoms with E-state index in [0.717, 1.165) is 10.8 Å². The van der Waals surface area contributed by atoms with Gasteiger partial charge in [0.25, 0.3) is 17.7 Å². The molecule has 0 spiro atoms. The van der Waals surface area contributed by atoms with Crippen LogP contribution in [0, 0.1) is 0 Å². The van der Waals surface area contributed by atoms with Crippen molar-refractivity contribution in [2.75, 3.05) is 11.9 Å². The molecule has 1 heterocycles. The van der Waals surface area contributed by atoms with E-state index >= 15 is 0 Å². The van der Waals surface area contributed by atoms with Crippen LogP contribution in [0.1, 0.15) is 38.0 Å². The molecule has 0 saturated carbocycles. The minimum absolute atomic E-state index is 0.264. The van der Waals surface area contributed by atoms with E-state index in [4.69, 9.17) is 0 Å². The maximum Gasteiger partial charge on any atom is 0.263 e. The average molecular weight is 344 g/mol. The number of nitrogens with one attached hydrogen (secondary N) is 1. The summed E-state index contributed by atoms with van der Waals surface area (Å²) in [6.07, 6.45) is 0. The largest absolute Gasteiger partial charge is 0.321 e. The molecule has 1 aliphatic heterocycles. The molecule has 26 heavy (non-hydrogen) atoms. The van der Waals surface area contributed by atoms with E-state index in [1.807, 2.05) is 30.3 Å². The summed E-state index contributed by atoms with van der Waals surface area (Å²) in [7, 11) is 0. The second kappa shape index (κ2) is 6.11. The Labute approximate surface area is 150 Å². The van der Waals surface area contributed by atoms with Gasteiger partial charge in [-0.2, -0.15) is 0 Å². The predicted molar refractivity (Wildman–Crippen MR) is 99.4 cm³/mol. The molecule has 1 aliphatic rings. The molecule has 0 radical (unpaired) electrons. The van der Waals surface area contributed by atoms with Crippen LogP contribution in [0.3, 0.4) is 0 Å². The molecule has 0 aliphatic carbocycles. The number of rotatable bonds is 3. The molecular weight excluding hydrogens is 328 g/mol. The van der Waals surface area contributed by atoms with Crippen LogP contribution >= 0.6 is 0 Å². The Hall–Kier alpha value is -3.47. The van der Waals surface area contributed by atoms with Gasteiger partial charge in [0.2, 0.25) is 0 Å². The lowest BCUT2D eigenvalue weighted by atomic mass is 9.98. The van der Waals surface area contributed by atoms with Gasteiger partial charge in [-0.15, -0.1) is 0 Å². The number of nitrogens with zero attached hydrogens (tertiary/aromatic N) is 1. The highest BCUT2D eigenvalue weighted by molar-refractivity contribution is 6.29. The molecule has 0 unspecified atom stereocenters. The van der Waals surface area contributed by atoms with Crippen LogP contribution in [0.4, 0.5) is 5.69 Å². The second-order valence-electron chi connectivity index (χ2n) is 6.07. The summed E-state index contributed by atoms with van der Waals surface area (Å²) in [6.45, 7) is 2.04. The van der Waals surface area contributed by atoms with E-state index in [-0.39, 0.29) is 29.8 Å². The molecule has 128 valence electrons. The van der Waals surface area contributed by atoms with Gasteiger partial charge in [0.15, 0.2) is 0 Å². The van der Waals surface area contributed by atoms with Crippen LogP contribution in [-0.4, -0.2) is 29.2 Å². The molecule has 3 aromatic carbocycles. The lowest BCUT2D eigenvalue weighted by Gasteiger charge is -2.11. The van der Waals surface area contributed by atoms with Crippen LogP contribution in [0.25, 0.3) is 10.8 Å². The van der Waals surface area contributed by atoms with Crippen molar-refractivity contribution in [1.82, 2.24) is 4.90 Å². The summed E-state index contributed by atoms with van der Waals surface area (Å²) >= 11 is 0. The summed E-state index contributed by atoms with van der Waals surface area (Å²) in [5, 5.41) is 4.32. The standard InChI is InChI=1S/C21H16N2O3/c1-2-23-20(25)17-15-11-7-6-10-14(15)12-16(18(17)21(23)26)22-19(24)13-8-4-3-5-9-13/h3-12H,2H2,1H3,(H,22,24). The SMILES string of the molecule is CCN1C(=O)c2c(NC(=O)c3ccccc3)cc3ccccc3c2C1=O. The van der Waals surface area contributed by atoms with Crippen molar-refractivity contribution >= 4 is 34.2 Å². The normalized spacial score (nSPS) is 13.2. The number of hydrogen-bond acceptors (Lipinski definition) is 3. The molecule has 0 aromatic heterocycles. The Kier molecular flexibility index (Phi) is 3.77. The van der Waals surface area contributed by atoms with E-state index in [1.165, 1.54) is 4.90 Å². The van der Waals surface area contributed by atoms with Gasteiger partial charge in [-0.1, -0.05) is 42.5 Å². The van der Waals surface area contributed by atoms with Crippen molar-refractivity contribution in [1.29, 1.82) is 0 Å². The van der Waals surface area contributed by atoms with Crippen molar-refractivity contribution in [3.8, 4) is 0 Å². The van der Waals surface area contributed by atoms with Gasteiger partial charge in [0, 0.05) is 12.1 Å². The summed E-state index contributed by atoms with van der Waals surface area (Å²) < 4.78 is 0. The molecule has 0 saturated heterocycles. The first kappa shape index (κ1) is 16.0. The molecule has 3 aromatic rings. The van der Waals surface area contributed by atoms with E-state index in [0.29, 0.717) is 16.8 Å². The van der Waals surface area contributed by atoms with Crippen LogP contribution in [0.2, 0.25) is 0 Å². The lowest BCUT2D eigenvalue weighted by molar-refractivity contribution is 0.0664. The zero-order valence-electron chi connectivity index (χ0n) is 14.2. The van der Waals surface area contributed by atoms with Crippen molar-refractivity contribution in [2.45, 2.75) is 6.92 Å². The molecule has 5 nitrogen and oxygen atoms in total. The molecule has 4 rings (SSSR count). The zero-order chi connectivity index (χ0) is 18.3. The number of anilines is 1. The molecule has 0 fully saturated rings. The summed E-state index contributed by atoms with van der Waals surface area (Å²) in [6, 6.07) is 17.9. The average Bonchev–Trinajstić information content (AvgIpc) is 2.93. The minimum Gasteiger partial charge on any atom is -0.321 e. The van der Waals surface area contributed by atoms with Crippen LogP contribution < -0.4 is 5.32 Å². The quantitative estimate of drug-likeness (QED) is 0.737. The Morgan fingerprint density at radius 3 is 2.31 bits per heavy atom. The molecular formula is C21H16N2O3. The van der Waals surface area contributed by atoms with E-state index < -0.39 is 0 Å². The fourth-order valence-corrected chi connectivity index (χ4v) is 3.32. The maximum absolute atomic E-state index is 12.8. The van der Waals surface area contributed by atoms with Gasteiger partial charge in [0.05, 0.1) is 16.8 Å². The third-order valence-corrected chi connectivity index (χ3v) is 4.57. The van der Waals surface area contributed by atoms with E-state index in [9.17, 15) is 14.4 Å². The van der Waals surface area contributed by atoms with Gasteiger partial charge >= 0.3 is 0 Å². The number of carbonyl (C=O) groups is 3. The molecule has 0 atom stereocenters. The summed E-state index contributed by atoms with van der Waals surface area (Å²) in [4.78, 5) is 39.3. The third-order valence-electron chi connectivity index (χ3n) is 4.57. The molecule has 3 amide bonds. The smallest absolute Gasteiger partial charge is 0.263 e. The Morgan fingerprint density at radius 2 is 1.58 bits per heavy atom. The monoisotopic (exact) mass is 344 g/mol. The zero-order valence-corrected chi connectivity index (χ0v) is 14.2. The minimum atomic E-state index is -0.374. The topological polar surface area (TPSA) is 66.5 Å². The second-order valence-corrected chi connectivity index (χ2v) is 6.07. The predicted octanol–water partition coefficient (Wildman–Crippen LogP) is 3.71. The number of fused-ring (bicyclic) bond motifs is 3. The van der Waals surface area contributed by atoms with Crippen molar-refractivity contribution in [3.05, 3.63) is 77.4 Å². The highest BCUT2D eigenvalue weighted by atomic mass is 16.2. The van der Waals surface area contributed by atoms with Gasteiger partial charge in [0.1, 0.15) is 0 Å². The van der Waals surface area contributed by atoms with Gasteiger partial charge in [-0.3, -0.25) is 19.3 Å². The molecule has 5 heteroatoms. The highest BCUT2D eigenvalue weighted by Crippen LogP contribution is 2.36. The lowest BCUT2D eigenvalue weighted by Crippen LogP contribution is -2.29. The van der Waals surface area contributed by atoms with E-state index in [1.54, 1.807) is 37.3 Å². The Balaban J connectivity index is 1.89. The summed E-state index contributed by atoms with van der Waals surface area (Å²) in [5.41, 5.74) is 1.47. The number of carbonyl (C=O) groups excluding carboxylic acids is 3. The Bertz CT molecular complexity index is 1060. The fourth-order valence-electron chi connectivity index (χ4n) is 3.32. The van der Waals surface area contributed by atoms with Gasteiger partial charge in [-0.05, 0) is 35.9 Å². The van der Waals surface area contributed by atoms with Crippen molar-refractivity contribution in [3.63, 3.8) is 0 Å².